The Bertz CT molecular complexity index is 920. The summed E-state index contributed by atoms with van der Waals surface area (Å²) >= 11 is 0. The average Bonchev–Trinajstić information content (AvgIpc) is 3.24. The van der Waals surface area contributed by atoms with Gasteiger partial charge in [0, 0.05) is 12.8 Å². The summed E-state index contributed by atoms with van der Waals surface area (Å²) in [5.74, 6) is -0.0682. The zero-order chi connectivity index (χ0) is 43.0. The Morgan fingerprint density at radius 2 is 0.847 bits per heavy atom. The molecule has 6 nitrogen and oxygen atoms in total. The first kappa shape index (κ1) is 57.3. The van der Waals surface area contributed by atoms with Crippen LogP contribution in [0.2, 0.25) is 0 Å². The molecule has 0 aromatic rings. The molecule has 0 fully saturated rings. The number of aliphatic hydroxyl groups is 2. The van der Waals surface area contributed by atoms with Gasteiger partial charge in [0.1, 0.15) is 0 Å². The standard InChI is InChI=1S/C53H101NO5/c1-3-5-7-9-11-13-15-17-18-19-20-22-27-31-35-39-43-47-53(58)59-48-44-40-36-32-28-24-23-26-30-34-38-42-46-52(57)54-50(49-55)51(56)45-41-37-33-29-25-21-16-14-12-10-8-6-4-2/h11,13,17-18,50-51,55-56H,3-10,12,14-16,19-49H2,1-2H3,(H,54,57)/b13-11-,18-17-. The minimum atomic E-state index is -0.674. The SMILES string of the molecule is CCCCC/C=C\C/C=C\CCCCCCCCCC(=O)OCCCCCCCCCCCCCCC(=O)NC(CO)C(O)CCCCCCCCCCCCCCC. The molecular weight excluding hydrogens is 731 g/mol. The van der Waals surface area contributed by atoms with Crippen molar-refractivity contribution in [1.82, 2.24) is 5.32 Å². The Morgan fingerprint density at radius 3 is 1.32 bits per heavy atom. The van der Waals surface area contributed by atoms with Gasteiger partial charge < -0.3 is 20.3 Å². The van der Waals surface area contributed by atoms with Gasteiger partial charge in [0.05, 0.1) is 25.4 Å². The van der Waals surface area contributed by atoms with Gasteiger partial charge in [-0.3, -0.25) is 9.59 Å². The number of esters is 1. The second-order valence-electron chi connectivity index (χ2n) is 17.9. The van der Waals surface area contributed by atoms with Crippen molar-refractivity contribution in [2.45, 2.75) is 289 Å². The molecule has 1 amide bonds. The van der Waals surface area contributed by atoms with Gasteiger partial charge in [-0.05, 0) is 57.8 Å². The molecule has 3 N–H and O–H groups in total. The number of hydrogen-bond acceptors (Lipinski definition) is 5. The van der Waals surface area contributed by atoms with Crippen LogP contribution >= 0.6 is 0 Å². The number of allylic oxidation sites excluding steroid dienone is 4. The third-order valence-electron chi connectivity index (χ3n) is 12.0. The summed E-state index contributed by atoms with van der Waals surface area (Å²) in [5, 5.41) is 23.2. The molecule has 348 valence electrons. The predicted octanol–water partition coefficient (Wildman–Crippen LogP) is 15.5. The number of hydrogen-bond donors (Lipinski definition) is 3. The van der Waals surface area contributed by atoms with E-state index in [4.69, 9.17) is 4.74 Å². The fraction of sp³-hybridized carbons (Fsp3) is 0.887. The van der Waals surface area contributed by atoms with Crippen molar-refractivity contribution in [3.8, 4) is 0 Å². The average molecular weight is 832 g/mol. The normalized spacial score (nSPS) is 12.8. The van der Waals surface area contributed by atoms with Crippen molar-refractivity contribution in [1.29, 1.82) is 0 Å². The highest BCUT2D eigenvalue weighted by atomic mass is 16.5. The van der Waals surface area contributed by atoms with Crippen LogP contribution in [0.15, 0.2) is 24.3 Å². The molecule has 0 saturated carbocycles. The molecule has 0 aliphatic rings. The van der Waals surface area contributed by atoms with E-state index < -0.39 is 12.1 Å². The highest BCUT2D eigenvalue weighted by Crippen LogP contribution is 2.16. The van der Waals surface area contributed by atoms with Crippen molar-refractivity contribution in [3.05, 3.63) is 24.3 Å². The number of rotatable bonds is 48. The van der Waals surface area contributed by atoms with Crippen molar-refractivity contribution < 1.29 is 24.5 Å². The van der Waals surface area contributed by atoms with Crippen LogP contribution < -0.4 is 5.32 Å². The van der Waals surface area contributed by atoms with E-state index in [1.807, 2.05) is 0 Å². The summed E-state index contributed by atoms with van der Waals surface area (Å²) < 4.78 is 5.46. The molecule has 0 aromatic heterocycles. The molecule has 0 aliphatic carbocycles. The van der Waals surface area contributed by atoms with Crippen LogP contribution in [-0.2, 0) is 14.3 Å². The van der Waals surface area contributed by atoms with E-state index in [0.29, 0.717) is 25.9 Å². The fourth-order valence-electron chi connectivity index (χ4n) is 7.96. The first-order valence-corrected chi connectivity index (χ1v) is 26.1. The van der Waals surface area contributed by atoms with Gasteiger partial charge in [-0.1, -0.05) is 231 Å². The number of amides is 1. The van der Waals surface area contributed by atoms with Crippen molar-refractivity contribution in [2.24, 2.45) is 0 Å². The number of carbonyl (C=O) groups excluding carboxylic acids is 2. The van der Waals surface area contributed by atoms with E-state index >= 15 is 0 Å². The number of nitrogens with one attached hydrogen (secondary N) is 1. The van der Waals surface area contributed by atoms with Gasteiger partial charge in [0.15, 0.2) is 0 Å². The highest BCUT2D eigenvalue weighted by molar-refractivity contribution is 5.76. The molecular formula is C53H101NO5. The predicted molar refractivity (Wildman–Crippen MR) is 255 cm³/mol. The maximum Gasteiger partial charge on any atom is 0.305 e. The lowest BCUT2D eigenvalue weighted by molar-refractivity contribution is -0.143. The van der Waals surface area contributed by atoms with Gasteiger partial charge in [0.25, 0.3) is 0 Å². The molecule has 2 atom stereocenters. The first-order valence-electron chi connectivity index (χ1n) is 26.1. The minimum Gasteiger partial charge on any atom is -0.466 e. The highest BCUT2D eigenvalue weighted by Gasteiger charge is 2.20. The Kier molecular flexibility index (Phi) is 47.6. The number of carbonyl (C=O) groups is 2. The van der Waals surface area contributed by atoms with E-state index in [1.54, 1.807) is 0 Å². The second kappa shape index (κ2) is 49.0. The molecule has 0 rings (SSSR count). The summed E-state index contributed by atoms with van der Waals surface area (Å²) in [5.41, 5.74) is 0. The monoisotopic (exact) mass is 832 g/mol. The largest absolute Gasteiger partial charge is 0.466 e. The van der Waals surface area contributed by atoms with Crippen molar-refractivity contribution >= 4 is 11.9 Å². The maximum absolute atomic E-state index is 12.4. The molecule has 0 aliphatic heterocycles. The summed E-state index contributed by atoms with van der Waals surface area (Å²) in [7, 11) is 0. The zero-order valence-corrected chi connectivity index (χ0v) is 39.5. The number of aliphatic hydroxyl groups excluding tert-OH is 2. The van der Waals surface area contributed by atoms with E-state index in [2.05, 4.69) is 43.5 Å². The molecule has 0 saturated heterocycles. The summed E-state index contributed by atoms with van der Waals surface area (Å²) in [4.78, 5) is 24.5. The summed E-state index contributed by atoms with van der Waals surface area (Å²) in [6.45, 7) is 4.89. The molecule has 0 spiro atoms. The van der Waals surface area contributed by atoms with Crippen molar-refractivity contribution in [2.75, 3.05) is 13.2 Å². The quantitative estimate of drug-likeness (QED) is 0.0322. The van der Waals surface area contributed by atoms with Crippen LogP contribution in [0.3, 0.4) is 0 Å². The Labute approximate surface area is 367 Å². The lowest BCUT2D eigenvalue weighted by atomic mass is 10.0. The Hall–Kier alpha value is -1.66. The Morgan fingerprint density at radius 1 is 0.475 bits per heavy atom. The van der Waals surface area contributed by atoms with Crippen LogP contribution in [0.4, 0.5) is 0 Å². The topological polar surface area (TPSA) is 95.9 Å². The number of unbranched alkanes of at least 4 members (excludes halogenated alkanes) is 33. The van der Waals surface area contributed by atoms with Crippen LogP contribution in [-0.4, -0.2) is 47.4 Å². The van der Waals surface area contributed by atoms with Gasteiger partial charge in [-0.2, -0.15) is 0 Å². The van der Waals surface area contributed by atoms with E-state index in [9.17, 15) is 19.8 Å². The lowest BCUT2D eigenvalue weighted by Gasteiger charge is -2.22. The first-order chi connectivity index (χ1) is 29.0. The zero-order valence-electron chi connectivity index (χ0n) is 39.5. The van der Waals surface area contributed by atoms with E-state index in [0.717, 1.165) is 64.2 Å². The molecule has 2 unspecified atom stereocenters. The minimum absolute atomic E-state index is 0.0170. The third kappa shape index (κ3) is 45.7. The van der Waals surface area contributed by atoms with Crippen LogP contribution in [0.1, 0.15) is 277 Å². The van der Waals surface area contributed by atoms with Gasteiger partial charge in [-0.15, -0.1) is 0 Å². The molecule has 0 heterocycles. The number of ether oxygens (including phenoxy) is 1. The van der Waals surface area contributed by atoms with Crippen LogP contribution in [0, 0.1) is 0 Å². The summed E-state index contributed by atoms with van der Waals surface area (Å²) in [6.07, 6.45) is 57.1. The van der Waals surface area contributed by atoms with Gasteiger partial charge >= 0.3 is 5.97 Å². The smallest absolute Gasteiger partial charge is 0.305 e. The van der Waals surface area contributed by atoms with E-state index in [-0.39, 0.29) is 18.5 Å². The third-order valence-corrected chi connectivity index (χ3v) is 12.0. The van der Waals surface area contributed by atoms with Crippen LogP contribution in [0.25, 0.3) is 0 Å². The Balaban J connectivity index is 3.45. The second-order valence-corrected chi connectivity index (χ2v) is 17.9. The molecule has 59 heavy (non-hydrogen) atoms. The molecule has 0 radical (unpaired) electrons. The lowest BCUT2D eigenvalue weighted by Crippen LogP contribution is -2.45. The molecule has 0 aromatic carbocycles. The summed E-state index contributed by atoms with van der Waals surface area (Å²) in [6, 6.07) is -0.552. The van der Waals surface area contributed by atoms with E-state index in [1.165, 1.54) is 180 Å². The molecule has 6 heteroatoms. The van der Waals surface area contributed by atoms with Gasteiger partial charge in [-0.25, -0.2) is 0 Å². The van der Waals surface area contributed by atoms with Gasteiger partial charge in [0.2, 0.25) is 5.91 Å². The fourth-order valence-corrected chi connectivity index (χ4v) is 7.96. The van der Waals surface area contributed by atoms with Crippen molar-refractivity contribution in [3.63, 3.8) is 0 Å². The van der Waals surface area contributed by atoms with Crippen LogP contribution in [0.5, 0.6) is 0 Å². The maximum atomic E-state index is 12.4. The molecule has 0 bridgehead atoms.